The number of benzene rings is 1. The van der Waals surface area contributed by atoms with E-state index < -0.39 is 11.9 Å². The predicted molar refractivity (Wildman–Crippen MR) is 58.7 cm³/mol. The van der Waals surface area contributed by atoms with Crippen molar-refractivity contribution in [3.63, 3.8) is 0 Å². The lowest BCUT2D eigenvalue weighted by molar-refractivity contribution is 0.0539. The Morgan fingerprint density at radius 3 is 2.56 bits per heavy atom. The van der Waals surface area contributed by atoms with Crippen molar-refractivity contribution in [2.45, 2.75) is 6.92 Å². The first-order chi connectivity index (χ1) is 7.61. The Balaban J connectivity index is 3.22. The number of carbonyl (C=O) groups excluding carboxylic acids is 2. The number of carbonyl (C=O) groups is 2. The molecule has 0 heterocycles. The van der Waals surface area contributed by atoms with Gasteiger partial charge >= 0.3 is 11.9 Å². The molecule has 0 radical (unpaired) electrons. The Bertz CT molecular complexity index is 414. The zero-order valence-corrected chi connectivity index (χ0v) is 9.71. The van der Waals surface area contributed by atoms with Gasteiger partial charge < -0.3 is 9.47 Å². The smallest absolute Gasteiger partial charge is 0.340 e. The molecule has 1 aromatic carbocycles. The van der Waals surface area contributed by atoms with Gasteiger partial charge in [0.15, 0.2) is 6.07 Å². The zero-order valence-electron chi connectivity index (χ0n) is 8.95. The fraction of sp³-hybridized carbons (Fsp3) is 0.273. The van der Waals surface area contributed by atoms with Crippen molar-refractivity contribution in [3.05, 3.63) is 34.9 Å². The number of halogens is 1. The first-order valence-electron chi connectivity index (χ1n) is 4.52. The average Bonchev–Trinajstić information content (AvgIpc) is 2.28. The highest BCUT2D eigenvalue weighted by molar-refractivity contribution is 6.18. The Hall–Kier alpha value is -1.55. The van der Waals surface area contributed by atoms with Crippen LogP contribution in [0.25, 0.3) is 0 Å². The Labute approximate surface area is 98.1 Å². The second-order valence-corrected chi connectivity index (χ2v) is 3.25. The molecule has 0 amide bonds. The van der Waals surface area contributed by atoms with Gasteiger partial charge in [-0.3, -0.25) is 0 Å². The van der Waals surface area contributed by atoms with Gasteiger partial charge in [0.1, 0.15) is 0 Å². The van der Waals surface area contributed by atoms with E-state index in [4.69, 9.17) is 11.6 Å². The molecule has 0 bridgehead atoms. The molecule has 0 aliphatic carbocycles. The van der Waals surface area contributed by atoms with Crippen LogP contribution in [0.2, 0.25) is 0 Å². The summed E-state index contributed by atoms with van der Waals surface area (Å²) < 4.78 is 9.24. The quantitative estimate of drug-likeness (QED) is 0.602. The number of ether oxygens (including phenoxy) is 2. The maximum Gasteiger partial charge on any atom is 0.340 e. The van der Waals surface area contributed by atoms with Crippen molar-refractivity contribution < 1.29 is 19.1 Å². The van der Waals surface area contributed by atoms with Gasteiger partial charge in [0.25, 0.3) is 0 Å². The van der Waals surface area contributed by atoms with Crippen LogP contribution in [0.4, 0.5) is 0 Å². The molecule has 86 valence electrons. The molecule has 0 aliphatic heterocycles. The predicted octanol–water partition coefficient (Wildman–Crippen LogP) is 2.13. The molecule has 0 unspecified atom stereocenters. The van der Waals surface area contributed by atoms with Gasteiger partial charge in [0, 0.05) is 0 Å². The summed E-state index contributed by atoms with van der Waals surface area (Å²) in [6.45, 7) is 1.71. The van der Waals surface area contributed by atoms with Crippen LogP contribution in [0.5, 0.6) is 0 Å². The van der Waals surface area contributed by atoms with Gasteiger partial charge in [-0.25, -0.2) is 9.59 Å². The molecule has 5 heteroatoms. The van der Waals surface area contributed by atoms with E-state index in [1.807, 2.05) is 0 Å². The van der Waals surface area contributed by atoms with Gasteiger partial charge in [-0.05, 0) is 18.6 Å². The number of methoxy groups -OCH3 is 1. The van der Waals surface area contributed by atoms with E-state index in [1.165, 1.54) is 13.2 Å². The second kappa shape index (κ2) is 5.51. The van der Waals surface area contributed by atoms with E-state index in [2.05, 4.69) is 9.47 Å². The van der Waals surface area contributed by atoms with Crippen molar-refractivity contribution >= 4 is 23.5 Å². The fourth-order valence-electron chi connectivity index (χ4n) is 1.34. The molecular weight excluding hydrogens is 232 g/mol. The lowest BCUT2D eigenvalue weighted by atomic mass is 10.0. The highest BCUT2D eigenvalue weighted by Gasteiger charge is 2.20. The third kappa shape index (κ3) is 2.52. The number of hydrogen-bond donors (Lipinski definition) is 0. The molecule has 0 saturated carbocycles. The summed E-state index contributed by atoms with van der Waals surface area (Å²) in [6, 6.07) is 4.61. The van der Waals surface area contributed by atoms with Crippen molar-refractivity contribution in [1.82, 2.24) is 0 Å². The summed E-state index contributed by atoms with van der Waals surface area (Å²) >= 11 is 5.29. The lowest BCUT2D eigenvalue weighted by Gasteiger charge is -2.09. The van der Waals surface area contributed by atoms with Crippen LogP contribution in [-0.2, 0) is 9.47 Å². The van der Waals surface area contributed by atoms with Gasteiger partial charge in [0.05, 0.1) is 18.2 Å². The summed E-state index contributed by atoms with van der Waals surface area (Å²) in [7, 11) is 1.26. The third-order valence-electron chi connectivity index (χ3n) is 2.07. The van der Waals surface area contributed by atoms with Crippen molar-refractivity contribution in [3.8, 4) is 0 Å². The standard InChI is InChI=1S/C11H11ClO4/c1-7-4-3-5-8(10(13)16-6-12)9(7)11(14)15-2/h3-5H,6H2,1-2H3. The van der Waals surface area contributed by atoms with Crippen LogP contribution in [0, 0.1) is 6.92 Å². The molecule has 4 nitrogen and oxygen atoms in total. The van der Waals surface area contributed by atoms with Crippen molar-refractivity contribution in [2.24, 2.45) is 0 Å². The molecule has 1 aromatic rings. The summed E-state index contributed by atoms with van der Waals surface area (Å²) in [4.78, 5) is 23.0. The first-order valence-corrected chi connectivity index (χ1v) is 5.06. The van der Waals surface area contributed by atoms with Crippen molar-refractivity contribution in [2.75, 3.05) is 13.2 Å². The average molecular weight is 243 g/mol. The molecule has 16 heavy (non-hydrogen) atoms. The first kappa shape index (κ1) is 12.5. The van der Waals surface area contributed by atoms with E-state index in [0.29, 0.717) is 5.56 Å². The summed E-state index contributed by atoms with van der Waals surface area (Å²) in [6.07, 6.45) is 0. The number of hydrogen-bond acceptors (Lipinski definition) is 4. The summed E-state index contributed by atoms with van der Waals surface area (Å²) in [5.41, 5.74) is 1.02. The molecule has 0 N–H and O–H groups in total. The van der Waals surface area contributed by atoms with E-state index in [9.17, 15) is 9.59 Å². The summed E-state index contributed by atoms with van der Waals surface area (Å²) in [5.74, 6) is -1.21. The zero-order chi connectivity index (χ0) is 12.1. The molecule has 0 saturated heterocycles. The molecule has 0 atom stereocenters. The minimum atomic E-state index is -0.640. The Morgan fingerprint density at radius 2 is 2.00 bits per heavy atom. The molecule has 0 aromatic heterocycles. The van der Waals surface area contributed by atoms with Crippen LogP contribution in [0.1, 0.15) is 26.3 Å². The van der Waals surface area contributed by atoms with Gasteiger partial charge in [-0.2, -0.15) is 0 Å². The Morgan fingerprint density at radius 1 is 1.31 bits per heavy atom. The highest BCUT2D eigenvalue weighted by Crippen LogP contribution is 2.16. The van der Waals surface area contributed by atoms with E-state index in [0.717, 1.165) is 0 Å². The number of rotatable bonds is 3. The van der Waals surface area contributed by atoms with Crippen LogP contribution < -0.4 is 0 Å². The maximum absolute atomic E-state index is 11.5. The maximum atomic E-state index is 11.5. The molecule has 0 aliphatic rings. The van der Waals surface area contributed by atoms with E-state index in [-0.39, 0.29) is 17.2 Å². The number of aryl methyl sites for hydroxylation is 1. The van der Waals surface area contributed by atoms with E-state index in [1.54, 1.807) is 19.1 Å². The van der Waals surface area contributed by atoms with Gasteiger partial charge in [-0.1, -0.05) is 23.7 Å². The molecular formula is C11H11ClO4. The Kier molecular flexibility index (Phi) is 4.31. The minimum absolute atomic E-state index is 0.160. The summed E-state index contributed by atoms with van der Waals surface area (Å²) in [5, 5.41) is 0. The van der Waals surface area contributed by atoms with Gasteiger partial charge in [-0.15, -0.1) is 0 Å². The lowest BCUT2D eigenvalue weighted by Crippen LogP contribution is -2.14. The topological polar surface area (TPSA) is 52.6 Å². The highest BCUT2D eigenvalue weighted by atomic mass is 35.5. The fourth-order valence-corrected chi connectivity index (χ4v) is 1.44. The minimum Gasteiger partial charge on any atom is -0.465 e. The number of alkyl halides is 1. The monoisotopic (exact) mass is 242 g/mol. The van der Waals surface area contributed by atoms with Crippen molar-refractivity contribution in [1.29, 1.82) is 0 Å². The van der Waals surface area contributed by atoms with Crippen LogP contribution in [0.3, 0.4) is 0 Å². The molecule has 0 fully saturated rings. The normalized spacial score (nSPS) is 9.69. The largest absolute Gasteiger partial charge is 0.465 e. The molecule has 0 spiro atoms. The second-order valence-electron chi connectivity index (χ2n) is 3.03. The van der Waals surface area contributed by atoms with Crippen LogP contribution in [0.15, 0.2) is 18.2 Å². The van der Waals surface area contributed by atoms with Crippen LogP contribution in [-0.4, -0.2) is 25.1 Å². The van der Waals surface area contributed by atoms with E-state index >= 15 is 0 Å². The molecule has 1 rings (SSSR count). The SMILES string of the molecule is COC(=O)c1c(C)cccc1C(=O)OCCl. The third-order valence-corrected chi connectivity index (χ3v) is 2.18. The van der Waals surface area contributed by atoms with Gasteiger partial charge in [0.2, 0.25) is 0 Å². The van der Waals surface area contributed by atoms with Crippen LogP contribution >= 0.6 is 11.6 Å². The number of esters is 2.